The first-order valence-corrected chi connectivity index (χ1v) is 7.67. The van der Waals surface area contributed by atoms with Gasteiger partial charge in [-0.05, 0) is 30.5 Å². The zero-order chi connectivity index (χ0) is 17.4. The van der Waals surface area contributed by atoms with Crippen LogP contribution < -0.4 is 14.8 Å². The highest BCUT2D eigenvalue weighted by Gasteiger charge is 2.21. The van der Waals surface area contributed by atoms with Gasteiger partial charge in [0.1, 0.15) is 0 Å². The molecule has 0 heterocycles. The van der Waals surface area contributed by atoms with Crippen LogP contribution >= 0.6 is 0 Å². The second-order valence-corrected chi connectivity index (χ2v) is 5.15. The number of hydrogen-bond donors (Lipinski definition) is 1. The van der Waals surface area contributed by atoms with Crippen molar-refractivity contribution >= 4 is 17.8 Å². The Balaban J connectivity index is 3.12. The average Bonchev–Trinajstić information content (AvgIpc) is 2.47. The van der Waals surface area contributed by atoms with Crippen molar-refractivity contribution in [3.63, 3.8) is 0 Å². The molecule has 0 aliphatic carbocycles. The molecule has 0 aliphatic heterocycles. The van der Waals surface area contributed by atoms with Gasteiger partial charge in [0.15, 0.2) is 11.5 Å². The van der Waals surface area contributed by atoms with Gasteiger partial charge in [-0.3, -0.25) is 14.4 Å². The summed E-state index contributed by atoms with van der Waals surface area (Å²) in [5.74, 6) is -1.20. The van der Waals surface area contributed by atoms with E-state index in [2.05, 4.69) is 5.32 Å². The van der Waals surface area contributed by atoms with Gasteiger partial charge in [0.25, 0.3) is 0 Å². The van der Waals surface area contributed by atoms with Crippen LogP contribution in [0.4, 0.5) is 0 Å². The van der Waals surface area contributed by atoms with Gasteiger partial charge in [-0.15, -0.1) is 0 Å². The van der Waals surface area contributed by atoms with E-state index in [0.29, 0.717) is 18.5 Å². The summed E-state index contributed by atoms with van der Waals surface area (Å²) in [7, 11) is 0. The fraction of sp³-hybridized carbons (Fsp3) is 0.471. The summed E-state index contributed by atoms with van der Waals surface area (Å²) in [4.78, 5) is 34.6. The molecule has 1 N–H and O–H groups in total. The van der Waals surface area contributed by atoms with Crippen LogP contribution in [0.1, 0.15) is 52.0 Å². The maximum absolute atomic E-state index is 12.2. The molecule has 0 aromatic heterocycles. The lowest BCUT2D eigenvalue weighted by atomic mass is 9.95. The molecule has 0 radical (unpaired) electrons. The highest BCUT2D eigenvalue weighted by atomic mass is 16.6. The van der Waals surface area contributed by atoms with Crippen LogP contribution in [0.25, 0.3) is 0 Å². The van der Waals surface area contributed by atoms with Crippen LogP contribution in [0, 0.1) is 0 Å². The maximum Gasteiger partial charge on any atom is 0.308 e. The second-order valence-electron chi connectivity index (χ2n) is 5.15. The van der Waals surface area contributed by atoms with Gasteiger partial charge >= 0.3 is 11.9 Å². The van der Waals surface area contributed by atoms with Crippen molar-refractivity contribution < 1.29 is 23.9 Å². The lowest BCUT2D eigenvalue weighted by molar-refractivity contribution is -0.134. The minimum Gasteiger partial charge on any atom is -0.423 e. The third kappa shape index (κ3) is 5.73. The van der Waals surface area contributed by atoms with Crippen molar-refractivity contribution in [2.24, 2.45) is 0 Å². The third-order valence-corrected chi connectivity index (χ3v) is 3.15. The molecule has 1 amide bonds. The molecule has 0 spiro atoms. The topological polar surface area (TPSA) is 81.7 Å². The lowest BCUT2D eigenvalue weighted by Crippen LogP contribution is -2.29. The van der Waals surface area contributed by atoms with E-state index < -0.39 is 11.9 Å². The quantitative estimate of drug-likeness (QED) is 0.616. The predicted octanol–water partition coefficient (Wildman–Crippen LogP) is 2.56. The van der Waals surface area contributed by atoms with Crippen molar-refractivity contribution in [3.8, 4) is 11.5 Å². The smallest absolute Gasteiger partial charge is 0.308 e. The average molecular weight is 321 g/mol. The predicted molar refractivity (Wildman–Crippen MR) is 85.4 cm³/mol. The van der Waals surface area contributed by atoms with Crippen molar-refractivity contribution in [1.29, 1.82) is 0 Å². The molecule has 1 aromatic carbocycles. The zero-order valence-corrected chi connectivity index (χ0v) is 14.0. The number of nitrogens with one attached hydrogen (secondary N) is 1. The summed E-state index contributed by atoms with van der Waals surface area (Å²) in [6.45, 7) is 7.02. The molecule has 6 nitrogen and oxygen atoms in total. The number of amides is 1. The number of hydrogen-bond acceptors (Lipinski definition) is 5. The minimum absolute atomic E-state index is 0.0802. The Kier molecular flexibility index (Phi) is 7.25. The molecule has 126 valence electrons. The molecule has 1 aromatic rings. The SMILES string of the molecule is CCCNC(=O)C(CC)c1ccc(OC(C)=O)c(OC(C)=O)c1. The Morgan fingerprint density at radius 2 is 1.65 bits per heavy atom. The van der Waals surface area contributed by atoms with E-state index in [9.17, 15) is 14.4 Å². The molecule has 23 heavy (non-hydrogen) atoms. The molecule has 0 bridgehead atoms. The Morgan fingerprint density at radius 1 is 1.04 bits per heavy atom. The van der Waals surface area contributed by atoms with Gasteiger partial charge < -0.3 is 14.8 Å². The van der Waals surface area contributed by atoms with Gasteiger partial charge in [0, 0.05) is 20.4 Å². The van der Waals surface area contributed by atoms with Crippen LogP contribution in [0.5, 0.6) is 11.5 Å². The largest absolute Gasteiger partial charge is 0.423 e. The van der Waals surface area contributed by atoms with E-state index in [1.54, 1.807) is 12.1 Å². The molecule has 0 saturated heterocycles. The normalized spacial score (nSPS) is 11.5. The van der Waals surface area contributed by atoms with Crippen LogP contribution in [0.15, 0.2) is 18.2 Å². The van der Waals surface area contributed by atoms with Crippen molar-refractivity contribution in [1.82, 2.24) is 5.32 Å². The first-order valence-electron chi connectivity index (χ1n) is 7.67. The number of esters is 2. The lowest BCUT2D eigenvalue weighted by Gasteiger charge is -2.17. The summed E-state index contributed by atoms with van der Waals surface area (Å²) in [5, 5.41) is 2.86. The van der Waals surface area contributed by atoms with Crippen LogP contribution in [-0.2, 0) is 14.4 Å². The molecule has 0 saturated carbocycles. The van der Waals surface area contributed by atoms with Crippen LogP contribution in [0.2, 0.25) is 0 Å². The fourth-order valence-electron chi connectivity index (χ4n) is 2.16. The maximum atomic E-state index is 12.2. The van der Waals surface area contributed by atoms with E-state index in [1.807, 2.05) is 13.8 Å². The summed E-state index contributed by atoms with van der Waals surface area (Å²) in [6, 6.07) is 4.80. The zero-order valence-electron chi connectivity index (χ0n) is 14.0. The molecule has 1 unspecified atom stereocenters. The summed E-state index contributed by atoms with van der Waals surface area (Å²) in [5.41, 5.74) is 0.702. The second kappa shape index (κ2) is 8.92. The molecule has 0 aliphatic rings. The first-order chi connectivity index (χ1) is 10.9. The van der Waals surface area contributed by atoms with E-state index in [0.717, 1.165) is 6.42 Å². The van der Waals surface area contributed by atoms with Crippen LogP contribution in [-0.4, -0.2) is 24.4 Å². The highest BCUT2D eigenvalue weighted by molar-refractivity contribution is 5.84. The van der Waals surface area contributed by atoms with Crippen molar-refractivity contribution in [2.75, 3.05) is 6.54 Å². The van der Waals surface area contributed by atoms with Gasteiger partial charge in [-0.2, -0.15) is 0 Å². The van der Waals surface area contributed by atoms with E-state index in [4.69, 9.17) is 9.47 Å². The third-order valence-electron chi connectivity index (χ3n) is 3.15. The van der Waals surface area contributed by atoms with Crippen molar-refractivity contribution in [2.45, 2.75) is 46.5 Å². The van der Waals surface area contributed by atoms with Gasteiger partial charge in [0.05, 0.1) is 5.92 Å². The van der Waals surface area contributed by atoms with Crippen LogP contribution in [0.3, 0.4) is 0 Å². The summed E-state index contributed by atoms with van der Waals surface area (Å²) in [6.07, 6.45) is 1.45. The Hall–Kier alpha value is -2.37. The highest BCUT2D eigenvalue weighted by Crippen LogP contribution is 2.32. The van der Waals surface area contributed by atoms with Gasteiger partial charge in [-0.25, -0.2) is 0 Å². The molecule has 1 atom stereocenters. The standard InChI is InChI=1S/C17H23NO5/c1-5-9-18-17(21)14(6-2)13-7-8-15(22-11(3)19)16(10-13)23-12(4)20/h7-8,10,14H,5-6,9H2,1-4H3,(H,18,21). The molecular weight excluding hydrogens is 298 g/mol. The number of carbonyl (C=O) groups excluding carboxylic acids is 3. The van der Waals surface area contributed by atoms with E-state index >= 15 is 0 Å². The Labute approximate surface area is 136 Å². The number of benzene rings is 1. The molecular formula is C17H23NO5. The number of carbonyl (C=O) groups is 3. The fourth-order valence-corrected chi connectivity index (χ4v) is 2.16. The summed E-state index contributed by atoms with van der Waals surface area (Å²) >= 11 is 0. The Bertz CT molecular complexity index is 582. The number of rotatable bonds is 7. The molecule has 1 rings (SSSR count). The molecule has 6 heteroatoms. The Morgan fingerprint density at radius 3 is 2.17 bits per heavy atom. The summed E-state index contributed by atoms with van der Waals surface area (Å²) < 4.78 is 10.1. The first kappa shape index (κ1) is 18.7. The monoisotopic (exact) mass is 321 g/mol. The molecule has 0 fully saturated rings. The van der Waals surface area contributed by atoms with Crippen molar-refractivity contribution in [3.05, 3.63) is 23.8 Å². The van der Waals surface area contributed by atoms with E-state index in [-0.39, 0.29) is 23.3 Å². The van der Waals surface area contributed by atoms with Gasteiger partial charge in [0.2, 0.25) is 5.91 Å². The minimum atomic E-state index is -0.529. The van der Waals surface area contributed by atoms with E-state index in [1.165, 1.54) is 19.9 Å². The van der Waals surface area contributed by atoms with Gasteiger partial charge in [-0.1, -0.05) is 19.9 Å². The number of ether oxygens (including phenoxy) is 2.